The van der Waals surface area contributed by atoms with Crippen LogP contribution in [0.1, 0.15) is 47.1 Å². The highest BCUT2D eigenvalue weighted by Gasteiger charge is 2.31. The van der Waals surface area contributed by atoms with Crippen molar-refractivity contribution in [2.75, 3.05) is 0 Å². The molecular weight excluding hydrogens is 289 g/mol. The fourth-order valence-electron chi connectivity index (χ4n) is 2.88. The Bertz CT molecular complexity index is 693. The Morgan fingerprint density at radius 3 is 2.86 bits per heavy atom. The van der Waals surface area contributed by atoms with Crippen LogP contribution in [0.4, 0.5) is 4.39 Å². The molecule has 1 saturated carbocycles. The van der Waals surface area contributed by atoms with Crippen molar-refractivity contribution in [1.82, 2.24) is 15.3 Å². The molecule has 108 valence electrons. The molecule has 1 aliphatic heterocycles. The zero-order valence-electron chi connectivity index (χ0n) is 11.5. The van der Waals surface area contributed by atoms with Gasteiger partial charge in [-0.3, -0.25) is 0 Å². The molecule has 1 aromatic carbocycles. The molecule has 0 spiro atoms. The van der Waals surface area contributed by atoms with E-state index in [4.69, 9.17) is 16.6 Å². The zero-order valence-corrected chi connectivity index (χ0v) is 12.3. The number of hydrogen-bond acceptors (Lipinski definition) is 3. The van der Waals surface area contributed by atoms with Crippen molar-refractivity contribution in [1.29, 1.82) is 0 Å². The molecule has 0 amide bonds. The van der Waals surface area contributed by atoms with Crippen LogP contribution >= 0.6 is 11.6 Å². The molecule has 0 bridgehead atoms. The van der Waals surface area contributed by atoms with E-state index in [2.05, 4.69) is 10.3 Å². The Hall–Kier alpha value is -1.52. The first kappa shape index (κ1) is 13.2. The van der Waals surface area contributed by atoms with Crippen LogP contribution in [0.3, 0.4) is 0 Å². The molecule has 2 aromatic rings. The quantitative estimate of drug-likeness (QED) is 0.945. The van der Waals surface area contributed by atoms with Crippen LogP contribution in [-0.4, -0.2) is 9.97 Å². The van der Waals surface area contributed by atoms with Gasteiger partial charge in [-0.15, -0.1) is 0 Å². The predicted molar refractivity (Wildman–Crippen MR) is 78.8 cm³/mol. The van der Waals surface area contributed by atoms with E-state index in [1.165, 1.54) is 24.5 Å². The Morgan fingerprint density at radius 1 is 1.24 bits per heavy atom. The Kier molecular flexibility index (Phi) is 3.16. The van der Waals surface area contributed by atoms with Crippen LogP contribution < -0.4 is 5.32 Å². The molecule has 1 N–H and O–H groups in total. The van der Waals surface area contributed by atoms with E-state index in [0.717, 1.165) is 24.5 Å². The van der Waals surface area contributed by atoms with Gasteiger partial charge in [-0.2, -0.15) is 0 Å². The third-order valence-electron chi connectivity index (χ3n) is 4.13. The highest BCUT2D eigenvalue weighted by Crippen LogP contribution is 2.42. The maximum atomic E-state index is 13.9. The van der Waals surface area contributed by atoms with Crippen molar-refractivity contribution in [3.05, 3.63) is 57.4 Å². The lowest BCUT2D eigenvalue weighted by molar-refractivity contribution is 0.611. The molecule has 1 aromatic heterocycles. The molecule has 21 heavy (non-hydrogen) atoms. The first-order valence-corrected chi connectivity index (χ1v) is 7.62. The molecule has 5 heteroatoms. The number of nitrogens with one attached hydrogen (secondary N) is 1. The van der Waals surface area contributed by atoms with Crippen LogP contribution in [0, 0.1) is 5.82 Å². The molecule has 2 heterocycles. The standard InChI is InChI=1S/C16H15ClFN3/c17-12-2-1-3-13(18)10(12)6-15-20-14-8-19-7-11(14)16(21-15)9-4-5-9/h1-3,9,19H,4-8H2. The molecule has 0 unspecified atom stereocenters. The topological polar surface area (TPSA) is 37.8 Å². The van der Waals surface area contributed by atoms with Crippen LogP contribution in [0.15, 0.2) is 18.2 Å². The first-order chi connectivity index (χ1) is 10.2. The lowest BCUT2D eigenvalue weighted by Gasteiger charge is -2.10. The van der Waals surface area contributed by atoms with Crippen LogP contribution in [0.25, 0.3) is 0 Å². The largest absolute Gasteiger partial charge is 0.307 e. The summed E-state index contributed by atoms with van der Waals surface area (Å²) in [6.45, 7) is 1.62. The molecule has 2 aliphatic rings. The third kappa shape index (κ3) is 2.43. The number of benzene rings is 1. The normalized spacial score (nSPS) is 17.0. The van der Waals surface area contributed by atoms with Crippen molar-refractivity contribution >= 4 is 11.6 Å². The third-order valence-corrected chi connectivity index (χ3v) is 4.48. The number of rotatable bonds is 3. The minimum Gasteiger partial charge on any atom is -0.307 e. The number of nitrogens with zero attached hydrogens (tertiary/aromatic N) is 2. The second-order valence-electron chi connectivity index (χ2n) is 5.71. The van der Waals surface area contributed by atoms with E-state index in [9.17, 15) is 4.39 Å². The summed E-state index contributed by atoms with van der Waals surface area (Å²) in [4.78, 5) is 9.31. The lowest BCUT2D eigenvalue weighted by Crippen LogP contribution is -2.07. The van der Waals surface area contributed by atoms with Gasteiger partial charge in [-0.1, -0.05) is 17.7 Å². The van der Waals surface area contributed by atoms with E-state index in [1.807, 2.05) is 0 Å². The molecule has 1 aliphatic carbocycles. The highest BCUT2D eigenvalue weighted by atomic mass is 35.5. The number of hydrogen-bond donors (Lipinski definition) is 1. The van der Waals surface area contributed by atoms with Crippen LogP contribution in [0.5, 0.6) is 0 Å². The molecular formula is C16H15ClFN3. The van der Waals surface area contributed by atoms with Gasteiger partial charge in [0.2, 0.25) is 0 Å². The molecule has 0 radical (unpaired) electrons. The summed E-state index contributed by atoms with van der Waals surface area (Å²) in [5.74, 6) is 0.945. The molecule has 1 fully saturated rings. The summed E-state index contributed by atoms with van der Waals surface area (Å²) in [7, 11) is 0. The smallest absolute Gasteiger partial charge is 0.133 e. The SMILES string of the molecule is Fc1cccc(Cl)c1Cc1nc2c(c(C3CC3)n1)CNC2. The Morgan fingerprint density at radius 2 is 2.10 bits per heavy atom. The van der Waals surface area contributed by atoms with Crippen molar-refractivity contribution in [2.45, 2.75) is 38.3 Å². The van der Waals surface area contributed by atoms with Gasteiger partial charge < -0.3 is 5.32 Å². The van der Waals surface area contributed by atoms with Gasteiger partial charge in [0.25, 0.3) is 0 Å². The number of fused-ring (bicyclic) bond motifs is 1. The summed E-state index contributed by atoms with van der Waals surface area (Å²) >= 11 is 6.10. The lowest BCUT2D eigenvalue weighted by atomic mass is 10.1. The van der Waals surface area contributed by atoms with Gasteiger partial charge >= 0.3 is 0 Å². The van der Waals surface area contributed by atoms with Crippen LogP contribution in [0.2, 0.25) is 5.02 Å². The average molecular weight is 304 g/mol. The van der Waals surface area contributed by atoms with E-state index in [1.54, 1.807) is 12.1 Å². The Labute approximate surface area is 127 Å². The fourth-order valence-corrected chi connectivity index (χ4v) is 3.11. The molecule has 0 atom stereocenters. The minimum atomic E-state index is -0.294. The number of halogens is 2. The maximum Gasteiger partial charge on any atom is 0.133 e. The monoisotopic (exact) mass is 303 g/mol. The van der Waals surface area contributed by atoms with Gasteiger partial charge in [-0.25, -0.2) is 14.4 Å². The average Bonchev–Trinajstić information content (AvgIpc) is 3.20. The molecule has 0 saturated heterocycles. The van der Waals surface area contributed by atoms with E-state index < -0.39 is 0 Å². The van der Waals surface area contributed by atoms with Crippen molar-refractivity contribution < 1.29 is 4.39 Å². The molecule has 3 nitrogen and oxygen atoms in total. The summed E-state index contributed by atoms with van der Waals surface area (Å²) in [5.41, 5.74) is 3.95. The van der Waals surface area contributed by atoms with Gasteiger partial charge in [0, 0.05) is 41.6 Å². The van der Waals surface area contributed by atoms with E-state index in [0.29, 0.717) is 28.7 Å². The van der Waals surface area contributed by atoms with Crippen molar-refractivity contribution in [3.63, 3.8) is 0 Å². The fraction of sp³-hybridized carbons (Fsp3) is 0.375. The van der Waals surface area contributed by atoms with Gasteiger partial charge in [0.1, 0.15) is 11.6 Å². The van der Waals surface area contributed by atoms with Crippen molar-refractivity contribution in [2.24, 2.45) is 0 Å². The van der Waals surface area contributed by atoms with Crippen molar-refractivity contribution in [3.8, 4) is 0 Å². The predicted octanol–water partition coefficient (Wildman–Crippen LogP) is 3.34. The maximum absolute atomic E-state index is 13.9. The first-order valence-electron chi connectivity index (χ1n) is 7.24. The zero-order chi connectivity index (χ0) is 14.4. The summed E-state index contributed by atoms with van der Waals surface area (Å²) in [5, 5.41) is 3.76. The van der Waals surface area contributed by atoms with Gasteiger partial charge in [-0.05, 0) is 25.0 Å². The Balaban J connectivity index is 1.74. The summed E-state index contributed by atoms with van der Waals surface area (Å²) in [6, 6.07) is 4.75. The summed E-state index contributed by atoms with van der Waals surface area (Å²) in [6.07, 6.45) is 2.74. The molecule has 4 rings (SSSR count). The second kappa shape index (κ2) is 5.04. The second-order valence-corrected chi connectivity index (χ2v) is 6.11. The van der Waals surface area contributed by atoms with E-state index in [-0.39, 0.29) is 5.82 Å². The van der Waals surface area contributed by atoms with Gasteiger partial charge in [0.15, 0.2) is 0 Å². The minimum absolute atomic E-state index is 0.294. The van der Waals surface area contributed by atoms with Gasteiger partial charge in [0.05, 0.1) is 11.4 Å². The van der Waals surface area contributed by atoms with Crippen LogP contribution in [-0.2, 0) is 19.5 Å². The van der Waals surface area contributed by atoms with E-state index >= 15 is 0 Å². The summed E-state index contributed by atoms with van der Waals surface area (Å²) < 4.78 is 13.9. The number of aromatic nitrogens is 2. The highest BCUT2D eigenvalue weighted by molar-refractivity contribution is 6.31.